The second-order valence-electron chi connectivity index (χ2n) is 6.02. The summed E-state index contributed by atoms with van der Waals surface area (Å²) >= 11 is 2.84. The van der Waals surface area contributed by atoms with Gasteiger partial charge in [-0.1, -0.05) is 48.2 Å². The van der Waals surface area contributed by atoms with E-state index in [1.807, 2.05) is 47.8 Å². The largest absolute Gasteiger partial charge is 0.385 e. The van der Waals surface area contributed by atoms with Gasteiger partial charge in [0.2, 0.25) is 5.91 Å². The minimum absolute atomic E-state index is 0.119. The first-order valence-corrected chi connectivity index (χ1v) is 10.7. The third kappa shape index (κ3) is 5.34. The number of carbonyl (C=O) groups is 1. The Kier molecular flexibility index (Phi) is 7.46. The maximum Gasteiger partial charge on any atom is 0.343 e. The van der Waals surface area contributed by atoms with Gasteiger partial charge in [0.15, 0.2) is 5.16 Å². The Hall–Kier alpha value is -2.36. The first-order valence-electron chi connectivity index (χ1n) is 8.83. The predicted octanol–water partition coefficient (Wildman–Crippen LogP) is 2.67. The molecule has 1 aromatic carbocycles. The van der Waals surface area contributed by atoms with E-state index < -0.39 is 0 Å². The SMILES string of the molecule is COCCCn1c(SCC(=O)N[C@@H](c2ccccc2)c2cccs2)n[nH]c1=O. The van der Waals surface area contributed by atoms with Crippen LogP contribution in [0.2, 0.25) is 0 Å². The summed E-state index contributed by atoms with van der Waals surface area (Å²) in [6.45, 7) is 1.05. The molecule has 0 unspecified atom stereocenters. The molecule has 7 nitrogen and oxygen atoms in total. The average molecular weight is 419 g/mol. The molecule has 0 saturated heterocycles. The fraction of sp³-hybridized carbons (Fsp3) is 0.316. The van der Waals surface area contributed by atoms with E-state index in [-0.39, 0.29) is 23.4 Å². The van der Waals surface area contributed by atoms with Gasteiger partial charge in [0.05, 0.1) is 11.8 Å². The number of hydrogen-bond acceptors (Lipinski definition) is 6. The molecule has 2 heterocycles. The van der Waals surface area contributed by atoms with Crippen LogP contribution < -0.4 is 11.0 Å². The number of rotatable bonds is 10. The van der Waals surface area contributed by atoms with Crippen LogP contribution in [-0.4, -0.2) is 40.1 Å². The predicted molar refractivity (Wildman–Crippen MR) is 111 cm³/mol. The third-order valence-electron chi connectivity index (χ3n) is 4.05. The number of nitrogens with one attached hydrogen (secondary N) is 2. The molecule has 2 aromatic heterocycles. The van der Waals surface area contributed by atoms with E-state index in [1.165, 1.54) is 16.3 Å². The summed E-state index contributed by atoms with van der Waals surface area (Å²) in [5.74, 6) is 0.0506. The summed E-state index contributed by atoms with van der Waals surface area (Å²) < 4.78 is 6.56. The molecule has 3 rings (SSSR count). The molecule has 0 aliphatic rings. The zero-order valence-electron chi connectivity index (χ0n) is 15.5. The van der Waals surface area contributed by atoms with Crippen LogP contribution in [0.1, 0.15) is 22.9 Å². The summed E-state index contributed by atoms with van der Waals surface area (Å²) in [7, 11) is 1.62. The van der Waals surface area contributed by atoms with Gasteiger partial charge in [-0.05, 0) is 23.4 Å². The first kappa shape index (κ1) is 20.4. The van der Waals surface area contributed by atoms with Gasteiger partial charge >= 0.3 is 5.69 Å². The molecule has 3 aromatic rings. The van der Waals surface area contributed by atoms with Crippen LogP contribution in [0.4, 0.5) is 0 Å². The minimum atomic E-state index is -0.278. The molecule has 9 heteroatoms. The molecular weight excluding hydrogens is 396 g/mol. The molecule has 0 bridgehead atoms. The van der Waals surface area contributed by atoms with Gasteiger partial charge in [0.25, 0.3) is 0 Å². The van der Waals surface area contributed by atoms with Gasteiger partial charge in [-0.15, -0.1) is 16.4 Å². The number of thioether (sulfide) groups is 1. The Balaban J connectivity index is 1.64. The summed E-state index contributed by atoms with van der Waals surface area (Å²) in [6.07, 6.45) is 0.699. The lowest BCUT2D eigenvalue weighted by Gasteiger charge is -2.18. The van der Waals surface area contributed by atoms with Crippen molar-refractivity contribution in [3.05, 3.63) is 68.8 Å². The number of hydrogen-bond donors (Lipinski definition) is 2. The molecule has 0 fully saturated rings. The van der Waals surface area contributed by atoms with E-state index in [0.717, 1.165) is 10.4 Å². The zero-order valence-corrected chi connectivity index (χ0v) is 17.1. The van der Waals surface area contributed by atoms with Crippen molar-refractivity contribution in [2.24, 2.45) is 0 Å². The normalized spacial score (nSPS) is 12.0. The van der Waals surface area contributed by atoms with Crippen molar-refractivity contribution in [2.75, 3.05) is 19.5 Å². The second-order valence-corrected chi connectivity index (χ2v) is 7.95. The van der Waals surface area contributed by atoms with Gasteiger partial charge < -0.3 is 10.1 Å². The van der Waals surface area contributed by atoms with Crippen molar-refractivity contribution in [1.29, 1.82) is 0 Å². The number of aromatic nitrogens is 3. The monoisotopic (exact) mass is 418 g/mol. The molecule has 148 valence electrons. The van der Waals surface area contributed by atoms with E-state index >= 15 is 0 Å². The number of carbonyl (C=O) groups excluding carboxylic acids is 1. The molecule has 0 spiro atoms. The van der Waals surface area contributed by atoms with E-state index in [1.54, 1.807) is 18.4 Å². The minimum Gasteiger partial charge on any atom is -0.385 e. The number of benzene rings is 1. The van der Waals surface area contributed by atoms with E-state index in [4.69, 9.17) is 4.74 Å². The van der Waals surface area contributed by atoms with Crippen molar-refractivity contribution in [1.82, 2.24) is 20.1 Å². The Morgan fingerprint density at radius 3 is 2.86 bits per heavy atom. The van der Waals surface area contributed by atoms with Gasteiger partial charge in [0, 0.05) is 25.1 Å². The number of H-pyrrole nitrogens is 1. The van der Waals surface area contributed by atoms with Gasteiger partial charge in [-0.25, -0.2) is 9.89 Å². The highest BCUT2D eigenvalue weighted by atomic mass is 32.2. The number of thiophene rings is 1. The smallest absolute Gasteiger partial charge is 0.343 e. The summed E-state index contributed by atoms with van der Waals surface area (Å²) in [5, 5.41) is 12.1. The topological polar surface area (TPSA) is 89.0 Å². The Morgan fingerprint density at radius 2 is 2.14 bits per heavy atom. The van der Waals surface area contributed by atoms with Crippen LogP contribution in [0.3, 0.4) is 0 Å². The first-order chi connectivity index (χ1) is 13.7. The second kappa shape index (κ2) is 10.3. The van der Waals surface area contributed by atoms with Crippen molar-refractivity contribution in [2.45, 2.75) is 24.2 Å². The highest BCUT2D eigenvalue weighted by Crippen LogP contribution is 2.26. The molecule has 0 radical (unpaired) electrons. The highest BCUT2D eigenvalue weighted by molar-refractivity contribution is 7.99. The van der Waals surface area contributed by atoms with E-state index in [2.05, 4.69) is 15.5 Å². The highest BCUT2D eigenvalue weighted by Gasteiger charge is 2.18. The number of amides is 1. The van der Waals surface area contributed by atoms with Gasteiger partial charge in [-0.3, -0.25) is 9.36 Å². The molecule has 28 heavy (non-hydrogen) atoms. The van der Waals surface area contributed by atoms with Crippen LogP contribution in [0.15, 0.2) is 57.8 Å². The molecule has 0 saturated carbocycles. The standard InChI is InChI=1S/C19H22N4O3S2/c1-26-11-6-10-23-18(25)21-22-19(23)28-13-16(24)20-17(15-9-5-12-27-15)14-7-3-2-4-8-14/h2-5,7-9,12,17H,6,10-11,13H2,1H3,(H,20,24)(H,21,25)/t17-/m0/s1. The van der Waals surface area contributed by atoms with Crippen LogP contribution >= 0.6 is 23.1 Å². The van der Waals surface area contributed by atoms with Crippen molar-refractivity contribution < 1.29 is 9.53 Å². The zero-order chi connectivity index (χ0) is 19.8. The lowest BCUT2D eigenvalue weighted by molar-refractivity contribution is -0.119. The molecule has 2 N–H and O–H groups in total. The number of ether oxygens (including phenoxy) is 1. The van der Waals surface area contributed by atoms with Gasteiger partial charge in [0.1, 0.15) is 0 Å². The maximum atomic E-state index is 12.6. The summed E-state index contributed by atoms with van der Waals surface area (Å²) in [4.78, 5) is 25.6. The number of nitrogens with zero attached hydrogens (tertiary/aromatic N) is 2. The molecule has 0 aliphatic heterocycles. The van der Waals surface area contributed by atoms with Crippen LogP contribution in [-0.2, 0) is 16.1 Å². The quantitative estimate of drug-likeness (QED) is 0.390. The van der Waals surface area contributed by atoms with Crippen molar-refractivity contribution in [3.63, 3.8) is 0 Å². The summed E-state index contributed by atoms with van der Waals surface area (Å²) in [5.41, 5.74) is 0.749. The Labute approximate surface area is 171 Å². The van der Waals surface area contributed by atoms with Crippen LogP contribution in [0.5, 0.6) is 0 Å². The number of methoxy groups -OCH3 is 1. The maximum absolute atomic E-state index is 12.6. The molecule has 0 aliphatic carbocycles. The van der Waals surface area contributed by atoms with Gasteiger partial charge in [-0.2, -0.15) is 0 Å². The molecule has 1 atom stereocenters. The van der Waals surface area contributed by atoms with Crippen LogP contribution in [0.25, 0.3) is 0 Å². The summed E-state index contributed by atoms with van der Waals surface area (Å²) in [6, 6.07) is 13.7. The van der Waals surface area contributed by atoms with E-state index in [0.29, 0.717) is 24.7 Å². The molecular formula is C19H22N4O3S2. The fourth-order valence-corrected chi connectivity index (χ4v) is 4.32. The lowest BCUT2D eigenvalue weighted by atomic mass is 10.1. The lowest BCUT2D eigenvalue weighted by Crippen LogP contribution is -2.30. The average Bonchev–Trinajstić information content (AvgIpc) is 3.36. The fourth-order valence-electron chi connectivity index (χ4n) is 2.73. The molecule has 1 amide bonds. The van der Waals surface area contributed by atoms with Crippen molar-refractivity contribution >= 4 is 29.0 Å². The van der Waals surface area contributed by atoms with Crippen LogP contribution in [0, 0.1) is 0 Å². The van der Waals surface area contributed by atoms with Crippen molar-refractivity contribution in [3.8, 4) is 0 Å². The van der Waals surface area contributed by atoms with E-state index in [9.17, 15) is 9.59 Å². The third-order valence-corrected chi connectivity index (χ3v) is 5.97. The Morgan fingerprint density at radius 1 is 1.32 bits per heavy atom. The Bertz CT molecular complexity index is 922. The number of aromatic amines is 1.